The average molecular weight is 165 g/mol. The maximum Gasteiger partial charge on any atom is 0.125 e. The lowest BCUT2D eigenvalue weighted by molar-refractivity contribution is 0.167. The first kappa shape index (κ1) is 9.07. The Bertz CT molecular complexity index is 243. The number of benzene rings is 1. The van der Waals surface area contributed by atoms with Crippen molar-refractivity contribution in [3.63, 3.8) is 0 Å². The highest BCUT2D eigenvalue weighted by Crippen LogP contribution is 2.18. The Kier molecular flexibility index (Phi) is 3.11. The summed E-state index contributed by atoms with van der Waals surface area (Å²) in [7, 11) is 0. The predicted molar refractivity (Wildman–Crippen MR) is 46.6 cm³/mol. The maximum absolute atomic E-state index is 10.7. The Balaban J connectivity index is 2.82. The number of rotatable bonds is 3. The minimum atomic E-state index is -0.219. The topological polar surface area (TPSA) is 29.1 Å². The Morgan fingerprint density at radius 3 is 2.58 bits per heavy atom. The minimum absolute atomic E-state index is 0.123. The summed E-state index contributed by atoms with van der Waals surface area (Å²) in [5.74, 6) is 0.711. The molecule has 0 aromatic heterocycles. The van der Waals surface area contributed by atoms with Gasteiger partial charge in [-0.25, -0.2) is 5.11 Å². The fourth-order valence-electron chi connectivity index (χ4n) is 0.992. The molecule has 0 N–H and O–H groups in total. The largest absolute Gasteiger partial charge is 0.491 e. The Hall–Kier alpha value is -1.02. The van der Waals surface area contributed by atoms with Gasteiger partial charge in [0.2, 0.25) is 0 Å². The molecule has 0 atom stereocenters. The van der Waals surface area contributed by atoms with Crippen LogP contribution in [0.15, 0.2) is 24.3 Å². The molecule has 0 saturated heterocycles. The third-order valence-corrected chi connectivity index (χ3v) is 1.49. The summed E-state index contributed by atoms with van der Waals surface area (Å²) in [5.41, 5.74) is 0.728. The van der Waals surface area contributed by atoms with Crippen LogP contribution in [0.3, 0.4) is 0 Å². The van der Waals surface area contributed by atoms with Crippen molar-refractivity contribution in [2.24, 2.45) is 0 Å². The van der Waals surface area contributed by atoms with Crippen molar-refractivity contribution in [3.05, 3.63) is 29.8 Å². The first-order chi connectivity index (χ1) is 5.74. The van der Waals surface area contributed by atoms with E-state index in [9.17, 15) is 5.11 Å². The number of hydrogen-bond donors (Lipinski definition) is 0. The van der Waals surface area contributed by atoms with Crippen molar-refractivity contribution >= 4 is 0 Å². The molecule has 1 radical (unpaired) electrons. The van der Waals surface area contributed by atoms with Gasteiger partial charge in [-0.2, -0.15) is 0 Å². The van der Waals surface area contributed by atoms with Gasteiger partial charge in [-0.05, 0) is 19.9 Å². The summed E-state index contributed by atoms with van der Waals surface area (Å²) in [6.07, 6.45) is 0.123. The van der Waals surface area contributed by atoms with Gasteiger partial charge in [-0.3, -0.25) is 0 Å². The van der Waals surface area contributed by atoms with E-state index < -0.39 is 0 Å². The van der Waals surface area contributed by atoms with Gasteiger partial charge >= 0.3 is 0 Å². The van der Waals surface area contributed by atoms with Crippen LogP contribution in [0.1, 0.15) is 19.4 Å². The molecule has 0 aliphatic rings. The molecule has 0 heterocycles. The standard InChI is InChI=1S/C10H13O2/c1-8(2)12-10-6-4-3-5-9(10)7-11/h3-6,8H,7H2,1-2H3. The van der Waals surface area contributed by atoms with Gasteiger partial charge in [0.1, 0.15) is 12.4 Å². The van der Waals surface area contributed by atoms with E-state index in [0.29, 0.717) is 5.75 Å². The fraction of sp³-hybridized carbons (Fsp3) is 0.400. The van der Waals surface area contributed by atoms with E-state index >= 15 is 0 Å². The molecule has 0 amide bonds. The minimum Gasteiger partial charge on any atom is -0.491 e. The van der Waals surface area contributed by atoms with Crippen molar-refractivity contribution in [2.45, 2.75) is 26.6 Å². The zero-order chi connectivity index (χ0) is 8.97. The predicted octanol–water partition coefficient (Wildman–Crippen LogP) is 2.40. The molecule has 65 valence electrons. The van der Waals surface area contributed by atoms with Crippen LogP contribution in [0, 0.1) is 0 Å². The van der Waals surface area contributed by atoms with Crippen LogP contribution >= 0.6 is 0 Å². The number of hydrogen-bond acceptors (Lipinski definition) is 1. The van der Waals surface area contributed by atoms with Gasteiger partial charge in [0.15, 0.2) is 0 Å². The molecule has 2 nitrogen and oxygen atoms in total. The Morgan fingerprint density at radius 1 is 1.33 bits per heavy atom. The molecule has 0 spiro atoms. The number of ether oxygens (including phenoxy) is 1. The van der Waals surface area contributed by atoms with E-state index in [1.54, 1.807) is 6.07 Å². The quantitative estimate of drug-likeness (QED) is 0.676. The van der Waals surface area contributed by atoms with E-state index in [2.05, 4.69) is 0 Å². The molecule has 1 aromatic rings. The summed E-state index contributed by atoms with van der Waals surface area (Å²) in [6, 6.07) is 7.34. The van der Waals surface area contributed by atoms with Crippen LogP contribution < -0.4 is 4.74 Å². The van der Waals surface area contributed by atoms with Crippen LogP contribution in [0.5, 0.6) is 5.75 Å². The monoisotopic (exact) mass is 165 g/mol. The van der Waals surface area contributed by atoms with Crippen molar-refractivity contribution in [1.82, 2.24) is 0 Å². The smallest absolute Gasteiger partial charge is 0.125 e. The van der Waals surface area contributed by atoms with Crippen LogP contribution in [-0.2, 0) is 11.7 Å². The van der Waals surface area contributed by atoms with Crippen molar-refractivity contribution in [3.8, 4) is 5.75 Å². The summed E-state index contributed by atoms with van der Waals surface area (Å²) < 4.78 is 5.44. The molecule has 1 aromatic carbocycles. The van der Waals surface area contributed by atoms with Gasteiger partial charge in [0, 0.05) is 5.56 Å². The Morgan fingerprint density at radius 2 is 2.00 bits per heavy atom. The Labute approximate surface area is 72.8 Å². The maximum atomic E-state index is 10.7. The molecular formula is C10H13O2. The van der Waals surface area contributed by atoms with Crippen molar-refractivity contribution in [2.75, 3.05) is 0 Å². The molecule has 1 rings (SSSR count). The number of para-hydroxylation sites is 1. The second-order valence-corrected chi connectivity index (χ2v) is 2.92. The normalized spacial score (nSPS) is 10.3. The first-order valence-electron chi connectivity index (χ1n) is 4.06. The van der Waals surface area contributed by atoms with Crippen LogP contribution in [0.2, 0.25) is 0 Å². The molecule has 2 heteroatoms. The van der Waals surface area contributed by atoms with Gasteiger partial charge < -0.3 is 4.74 Å². The van der Waals surface area contributed by atoms with E-state index in [4.69, 9.17) is 4.74 Å². The van der Waals surface area contributed by atoms with E-state index in [-0.39, 0.29) is 12.7 Å². The zero-order valence-electron chi connectivity index (χ0n) is 7.41. The molecular weight excluding hydrogens is 152 g/mol. The molecule has 0 aliphatic carbocycles. The van der Waals surface area contributed by atoms with Gasteiger partial charge in [-0.15, -0.1) is 0 Å². The molecule has 12 heavy (non-hydrogen) atoms. The third-order valence-electron chi connectivity index (χ3n) is 1.49. The second kappa shape index (κ2) is 4.12. The first-order valence-corrected chi connectivity index (χ1v) is 4.06. The second-order valence-electron chi connectivity index (χ2n) is 2.92. The average Bonchev–Trinajstić information content (AvgIpc) is 2.04. The van der Waals surface area contributed by atoms with Gasteiger partial charge in [0.25, 0.3) is 0 Å². The van der Waals surface area contributed by atoms with Crippen LogP contribution in [0.25, 0.3) is 0 Å². The van der Waals surface area contributed by atoms with E-state index in [1.165, 1.54) is 0 Å². The molecule has 0 aliphatic heterocycles. The highest BCUT2D eigenvalue weighted by Gasteiger charge is 2.02. The van der Waals surface area contributed by atoms with Crippen LogP contribution in [0.4, 0.5) is 0 Å². The molecule has 0 unspecified atom stereocenters. The van der Waals surface area contributed by atoms with Gasteiger partial charge in [0.05, 0.1) is 6.10 Å². The zero-order valence-corrected chi connectivity index (χ0v) is 7.41. The summed E-state index contributed by atoms with van der Waals surface area (Å²) in [5, 5.41) is 10.7. The van der Waals surface area contributed by atoms with E-state index in [1.807, 2.05) is 32.0 Å². The lowest BCUT2D eigenvalue weighted by Gasteiger charge is -2.11. The summed E-state index contributed by atoms with van der Waals surface area (Å²) in [6.45, 7) is 3.67. The third kappa shape index (κ3) is 2.24. The molecule has 0 bridgehead atoms. The lowest BCUT2D eigenvalue weighted by Crippen LogP contribution is -2.07. The SMILES string of the molecule is CC(C)Oc1ccccc1C[O]. The molecule has 0 saturated carbocycles. The van der Waals surface area contributed by atoms with Crippen molar-refractivity contribution in [1.29, 1.82) is 0 Å². The van der Waals surface area contributed by atoms with E-state index in [0.717, 1.165) is 5.56 Å². The van der Waals surface area contributed by atoms with Crippen molar-refractivity contribution < 1.29 is 9.84 Å². The fourth-order valence-corrected chi connectivity index (χ4v) is 0.992. The van der Waals surface area contributed by atoms with Gasteiger partial charge in [-0.1, -0.05) is 18.2 Å². The highest BCUT2D eigenvalue weighted by atomic mass is 16.5. The van der Waals surface area contributed by atoms with Crippen LogP contribution in [-0.4, -0.2) is 6.10 Å². The lowest BCUT2D eigenvalue weighted by atomic mass is 10.2. The molecule has 0 fully saturated rings. The summed E-state index contributed by atoms with van der Waals surface area (Å²) >= 11 is 0. The highest BCUT2D eigenvalue weighted by molar-refractivity contribution is 5.32. The summed E-state index contributed by atoms with van der Waals surface area (Å²) in [4.78, 5) is 0.